The van der Waals surface area contributed by atoms with Crippen molar-refractivity contribution in [2.45, 2.75) is 163 Å². The van der Waals surface area contributed by atoms with Crippen molar-refractivity contribution in [1.82, 2.24) is 0 Å². The first-order chi connectivity index (χ1) is 31.4. The fourth-order valence-electron chi connectivity index (χ4n) is 14.0. The molecule has 2 unspecified atom stereocenters. The minimum absolute atomic E-state index is 0.0916. The average Bonchev–Trinajstić information content (AvgIpc) is 3.63. The number of fused-ring (bicyclic) bond motifs is 7. The summed E-state index contributed by atoms with van der Waals surface area (Å²) in [5.74, 6) is 6.03. The minimum atomic E-state index is -3.97. The molecular weight excluding hydrogens is 869 g/mol. The molecule has 0 N–H and O–H groups in total. The van der Waals surface area contributed by atoms with Crippen LogP contribution in [-0.2, 0) is 28.6 Å². The summed E-state index contributed by atoms with van der Waals surface area (Å²) >= 11 is 0. The highest BCUT2D eigenvalue weighted by atomic mass is 32.2. The third kappa shape index (κ3) is 10.5. The van der Waals surface area contributed by atoms with Crippen LogP contribution in [0.2, 0.25) is 0 Å². The van der Waals surface area contributed by atoms with Crippen molar-refractivity contribution in [2.75, 3.05) is 13.2 Å². The van der Waals surface area contributed by atoms with Crippen LogP contribution in [0.5, 0.6) is 0 Å². The van der Waals surface area contributed by atoms with Crippen molar-refractivity contribution in [3.63, 3.8) is 0 Å². The highest BCUT2D eigenvalue weighted by molar-refractivity contribution is 7.87. The van der Waals surface area contributed by atoms with Crippen LogP contribution in [0.3, 0.4) is 0 Å². The number of benzene rings is 4. The first-order valence-corrected chi connectivity index (χ1v) is 28.8. The zero-order valence-corrected chi connectivity index (χ0v) is 44.4. The lowest BCUT2D eigenvalue weighted by molar-refractivity contribution is -0.118. The molecule has 4 fully saturated rings. The van der Waals surface area contributed by atoms with E-state index in [4.69, 9.17) is 8.37 Å². The van der Waals surface area contributed by atoms with Crippen LogP contribution in [-0.4, -0.2) is 30.0 Å². The lowest BCUT2D eigenvalue weighted by Gasteiger charge is -2.61. The van der Waals surface area contributed by atoms with Gasteiger partial charge in [-0.2, -0.15) is 16.8 Å². The summed E-state index contributed by atoms with van der Waals surface area (Å²) in [5.41, 5.74) is 3.40. The zero-order chi connectivity index (χ0) is 48.3. The van der Waals surface area contributed by atoms with Gasteiger partial charge in [-0.25, -0.2) is 0 Å². The van der Waals surface area contributed by atoms with Gasteiger partial charge in [0, 0.05) is 0 Å². The molecule has 366 valence electrons. The Morgan fingerprint density at radius 2 is 1.19 bits per heavy atom. The highest BCUT2D eigenvalue weighted by Gasteiger charge is 2.60. The van der Waals surface area contributed by atoms with Crippen LogP contribution < -0.4 is 0 Å². The number of rotatable bonds is 14. The fraction of sp³-hybridized carbons (Fsp3) is 0.627. The van der Waals surface area contributed by atoms with Crippen LogP contribution in [0.25, 0.3) is 27.1 Å². The molecule has 0 heterocycles. The Morgan fingerprint density at radius 3 is 1.73 bits per heavy atom. The summed E-state index contributed by atoms with van der Waals surface area (Å²) in [5, 5.41) is 3.58. The predicted molar refractivity (Wildman–Crippen MR) is 277 cm³/mol. The van der Waals surface area contributed by atoms with E-state index in [1.807, 2.05) is 77.9 Å². The molecule has 4 aromatic rings. The maximum absolute atomic E-state index is 13.5. The number of hydrogen-bond acceptors (Lipinski definition) is 6. The highest BCUT2D eigenvalue weighted by Crippen LogP contribution is 2.69. The van der Waals surface area contributed by atoms with E-state index in [1.54, 1.807) is 24.3 Å². The Balaban J connectivity index is 1.12. The SMILES string of the molecule is CC(C)CCC[C@@H](C)[C@H]1CC[C@H]2[C@@H]3CCC4CC(C=C(c5cccc6cc(S(=O)(=O)OCC(C)(C)C)ccc56)c5cccc6cc(S(=O)(=O)OCC(C)(C)C)ccc56)CC[C@]4(C)[C@H]3CC[C@]12C. The zero-order valence-electron chi connectivity index (χ0n) is 42.8. The van der Waals surface area contributed by atoms with Gasteiger partial charge in [-0.3, -0.25) is 8.37 Å². The third-order valence-corrected chi connectivity index (χ3v) is 20.0. The van der Waals surface area contributed by atoms with Crippen LogP contribution in [0.1, 0.15) is 164 Å². The Morgan fingerprint density at radius 1 is 0.657 bits per heavy atom. The molecule has 0 aliphatic heterocycles. The van der Waals surface area contributed by atoms with Crippen molar-refractivity contribution >= 4 is 47.4 Å². The molecule has 6 nitrogen and oxygen atoms in total. The minimum Gasteiger partial charge on any atom is -0.266 e. The van der Waals surface area contributed by atoms with E-state index >= 15 is 0 Å². The van der Waals surface area contributed by atoms with Crippen molar-refractivity contribution in [3.8, 4) is 0 Å². The quantitative estimate of drug-likeness (QED) is 0.117. The summed E-state index contributed by atoms with van der Waals surface area (Å²) in [7, 11) is -7.94. The summed E-state index contributed by atoms with van der Waals surface area (Å²) < 4.78 is 65.0. The largest absolute Gasteiger partial charge is 0.297 e. The second-order valence-corrected chi connectivity index (χ2v) is 28.5. The second-order valence-electron chi connectivity index (χ2n) is 25.2. The summed E-state index contributed by atoms with van der Waals surface area (Å²) in [6, 6.07) is 23.0. The van der Waals surface area contributed by atoms with Gasteiger partial charge in [0.2, 0.25) is 0 Å². The Bertz CT molecular complexity index is 2550. The molecule has 67 heavy (non-hydrogen) atoms. The average molecular weight is 951 g/mol. The van der Waals surface area contributed by atoms with Gasteiger partial charge in [0.05, 0.1) is 23.0 Å². The van der Waals surface area contributed by atoms with E-state index in [2.05, 4.69) is 52.8 Å². The van der Waals surface area contributed by atoms with Crippen molar-refractivity contribution in [1.29, 1.82) is 0 Å². The van der Waals surface area contributed by atoms with Gasteiger partial charge in [0.15, 0.2) is 0 Å². The molecule has 8 rings (SSSR count). The lowest BCUT2D eigenvalue weighted by Crippen LogP contribution is -2.53. The molecule has 4 aromatic carbocycles. The molecule has 0 saturated heterocycles. The van der Waals surface area contributed by atoms with Crippen LogP contribution in [0, 0.1) is 69.0 Å². The van der Waals surface area contributed by atoms with E-state index in [1.165, 1.54) is 64.2 Å². The molecule has 0 amide bonds. The van der Waals surface area contributed by atoms with Gasteiger partial charge in [-0.05, 0) is 189 Å². The lowest BCUT2D eigenvalue weighted by atomic mass is 9.44. The van der Waals surface area contributed by atoms with E-state index in [0.717, 1.165) is 86.6 Å². The maximum Gasteiger partial charge on any atom is 0.297 e. The first-order valence-electron chi connectivity index (χ1n) is 26.0. The van der Waals surface area contributed by atoms with Gasteiger partial charge < -0.3 is 0 Å². The van der Waals surface area contributed by atoms with Crippen LogP contribution >= 0.6 is 0 Å². The van der Waals surface area contributed by atoms with Gasteiger partial charge in [0.1, 0.15) is 0 Å². The molecule has 0 bridgehead atoms. The second kappa shape index (κ2) is 18.9. The fourth-order valence-corrected chi connectivity index (χ4v) is 16.3. The van der Waals surface area contributed by atoms with Crippen molar-refractivity contribution < 1.29 is 25.2 Å². The topological polar surface area (TPSA) is 86.7 Å². The molecule has 4 aliphatic carbocycles. The molecular formula is C59H82O6S2. The van der Waals surface area contributed by atoms with E-state index in [-0.39, 0.29) is 33.8 Å². The van der Waals surface area contributed by atoms with Gasteiger partial charge >= 0.3 is 0 Å². The van der Waals surface area contributed by atoms with Gasteiger partial charge in [0.25, 0.3) is 20.2 Å². The molecule has 9 atom stereocenters. The molecule has 4 saturated carbocycles. The predicted octanol–water partition coefficient (Wildman–Crippen LogP) is 15.7. The monoisotopic (exact) mass is 951 g/mol. The van der Waals surface area contributed by atoms with Crippen LogP contribution in [0.15, 0.2) is 88.7 Å². The molecule has 0 aromatic heterocycles. The smallest absolute Gasteiger partial charge is 0.266 e. The standard InChI is InChI=1S/C59H82O6S2/c1-39(2)15-12-16-40(3)53-27-28-54-51-24-21-44-33-41(29-31-58(44,10)55(51)30-32-59(53,54)11)34-52(49-19-13-17-42-35-45(22-25-47(42)49)66(60,61)64-37-56(4,5)6)50-20-14-18-43-36-46(23-26-48(43)50)67(62,63)65-38-57(7,8)9/h13-14,17-20,22-23,25-26,34-36,39-41,44,51,53-55H,12,15-16,21,24,27-33,37-38H2,1-11H3/t40-,41?,44?,51+,53-,54+,55+,58+,59-/m1/s1. The summed E-state index contributed by atoms with van der Waals surface area (Å²) in [4.78, 5) is 0.294. The Kier molecular flexibility index (Phi) is 14.2. The summed E-state index contributed by atoms with van der Waals surface area (Å²) in [6.45, 7) is 24.6. The Hall–Kier alpha value is -3.04. The van der Waals surface area contributed by atoms with Crippen molar-refractivity contribution in [3.05, 3.63) is 90.0 Å². The molecule has 4 aliphatic rings. The first kappa shape index (κ1) is 50.4. The molecule has 0 spiro atoms. The molecule has 8 heteroatoms. The van der Waals surface area contributed by atoms with Crippen LogP contribution in [0.4, 0.5) is 0 Å². The maximum atomic E-state index is 13.5. The van der Waals surface area contributed by atoms with Crippen molar-refractivity contribution in [2.24, 2.45) is 69.0 Å². The van der Waals surface area contributed by atoms with E-state index < -0.39 is 20.2 Å². The van der Waals surface area contributed by atoms with Gasteiger partial charge in [-0.1, -0.05) is 150 Å². The van der Waals surface area contributed by atoms with Gasteiger partial charge in [-0.15, -0.1) is 0 Å². The number of allylic oxidation sites excluding steroid dienone is 1. The van der Waals surface area contributed by atoms with E-state index in [0.29, 0.717) is 22.7 Å². The Labute approximate surface area is 405 Å². The van der Waals surface area contributed by atoms with E-state index in [9.17, 15) is 16.8 Å². The summed E-state index contributed by atoms with van der Waals surface area (Å²) in [6.07, 6.45) is 18.5. The normalized spacial score (nSPS) is 28.5. The molecule has 0 radical (unpaired) electrons. The third-order valence-electron chi connectivity index (χ3n) is 17.5. The number of hydrogen-bond donors (Lipinski definition) is 0.